The number of rotatable bonds is 4. The second-order valence-corrected chi connectivity index (χ2v) is 9.85. The third-order valence-corrected chi connectivity index (χ3v) is 6.12. The predicted molar refractivity (Wildman–Crippen MR) is 123 cm³/mol. The van der Waals surface area contributed by atoms with E-state index < -0.39 is 16.9 Å². The Bertz CT molecular complexity index is 933. The van der Waals surface area contributed by atoms with Gasteiger partial charge in [-0.25, -0.2) is 9.80 Å². The van der Waals surface area contributed by atoms with Crippen molar-refractivity contribution in [1.29, 1.82) is 0 Å². The molecule has 1 unspecified atom stereocenters. The minimum Gasteiger partial charge on any atom is -0.306 e. The number of nitrogens with one attached hydrogen (secondary N) is 1. The number of aryl methyl sites for hydroxylation is 1. The summed E-state index contributed by atoms with van der Waals surface area (Å²) in [5.74, 6) is 0. The van der Waals surface area contributed by atoms with E-state index in [9.17, 15) is 10.0 Å². The molecule has 0 bridgehead atoms. The second kappa shape index (κ2) is 8.71. The molecule has 0 aromatic heterocycles. The zero-order chi connectivity index (χ0) is 21.2. The van der Waals surface area contributed by atoms with Crippen molar-refractivity contribution in [2.45, 2.75) is 31.7 Å². The number of hydrazone groups is 1. The molecule has 1 fully saturated rings. The predicted octanol–water partition coefficient (Wildman–Crippen LogP) is 5.34. The fourth-order valence-electron chi connectivity index (χ4n) is 2.83. The molecule has 0 spiro atoms. The number of nitrogens with zero attached hydrogens (tertiary/aromatic N) is 3. The monoisotopic (exact) mass is 448 g/mol. The van der Waals surface area contributed by atoms with E-state index in [1.807, 2.05) is 45.0 Å². The Kier molecular flexibility index (Phi) is 6.48. The van der Waals surface area contributed by atoms with Crippen LogP contribution in [0.25, 0.3) is 0 Å². The zero-order valence-corrected chi connectivity index (χ0v) is 18.6. The van der Waals surface area contributed by atoms with E-state index in [1.54, 1.807) is 30.5 Å². The van der Waals surface area contributed by atoms with Gasteiger partial charge in [0.1, 0.15) is 0 Å². The van der Waals surface area contributed by atoms with Crippen molar-refractivity contribution < 1.29 is 10.0 Å². The van der Waals surface area contributed by atoms with Gasteiger partial charge in [0.2, 0.25) is 0 Å². The van der Waals surface area contributed by atoms with Crippen LogP contribution in [-0.2, 0) is 0 Å². The van der Waals surface area contributed by atoms with Crippen LogP contribution in [0.1, 0.15) is 25.0 Å². The molecule has 0 radical (unpaired) electrons. The largest absolute Gasteiger partial charge is 0.347 e. The standard InChI is InChI=1S/C20H21ClN4O2S2/c1-13-4-6-14(7-5-13)12-22-24-17(20(2,3)29-19(24)28)25(27)18(26)23-16-10-8-15(21)9-11-16/h4-12,17,27H,1-3H3,(H,23,26). The number of carbonyl (C=O) groups excluding carboxylic acids is 1. The number of halogens is 1. The van der Waals surface area contributed by atoms with Crippen molar-refractivity contribution in [1.82, 2.24) is 10.1 Å². The van der Waals surface area contributed by atoms with Gasteiger partial charge in [-0.1, -0.05) is 65.4 Å². The minimum absolute atomic E-state index is 0.474. The van der Waals surface area contributed by atoms with Crippen molar-refractivity contribution in [3.8, 4) is 0 Å². The lowest BCUT2D eigenvalue weighted by atomic mass is 10.1. The third-order valence-electron chi connectivity index (χ3n) is 4.33. The molecule has 1 aliphatic rings. The molecule has 2 amide bonds. The molecule has 2 N–H and O–H groups in total. The summed E-state index contributed by atoms with van der Waals surface area (Å²) in [4.78, 5) is 12.6. The van der Waals surface area contributed by atoms with Gasteiger partial charge in [-0.2, -0.15) is 10.2 Å². The maximum atomic E-state index is 12.6. The summed E-state index contributed by atoms with van der Waals surface area (Å²) in [5, 5.41) is 20.5. The summed E-state index contributed by atoms with van der Waals surface area (Å²) in [6, 6.07) is 13.8. The maximum Gasteiger partial charge on any atom is 0.347 e. The molecule has 1 heterocycles. The zero-order valence-electron chi connectivity index (χ0n) is 16.2. The van der Waals surface area contributed by atoms with Gasteiger partial charge in [-0.3, -0.25) is 5.21 Å². The van der Waals surface area contributed by atoms with Crippen LogP contribution < -0.4 is 5.32 Å². The van der Waals surface area contributed by atoms with Gasteiger partial charge >= 0.3 is 6.03 Å². The summed E-state index contributed by atoms with van der Waals surface area (Å²) < 4.78 is -0.102. The SMILES string of the molecule is Cc1ccc(C=NN2C(=S)SC(C)(C)C2N(O)C(=O)Nc2ccc(Cl)cc2)cc1. The highest BCUT2D eigenvalue weighted by Crippen LogP contribution is 2.42. The first kappa shape index (κ1) is 21.6. The Balaban J connectivity index is 1.80. The van der Waals surface area contributed by atoms with Gasteiger partial charge in [-0.05, 0) is 50.6 Å². The van der Waals surface area contributed by atoms with Crippen LogP contribution in [0.4, 0.5) is 10.5 Å². The number of urea groups is 1. The van der Waals surface area contributed by atoms with Gasteiger partial charge < -0.3 is 5.32 Å². The first-order valence-corrected chi connectivity index (χ1v) is 10.5. The number of hydroxylamine groups is 2. The molecule has 29 heavy (non-hydrogen) atoms. The number of carbonyl (C=O) groups is 1. The molecule has 152 valence electrons. The van der Waals surface area contributed by atoms with Crippen LogP contribution in [0.15, 0.2) is 53.6 Å². The number of anilines is 1. The Morgan fingerprint density at radius 3 is 2.52 bits per heavy atom. The van der Waals surface area contributed by atoms with Crippen LogP contribution >= 0.6 is 35.6 Å². The van der Waals surface area contributed by atoms with Gasteiger partial charge in [0, 0.05) is 10.7 Å². The van der Waals surface area contributed by atoms with E-state index in [2.05, 4.69) is 10.4 Å². The average molecular weight is 449 g/mol. The van der Waals surface area contributed by atoms with E-state index in [-0.39, 0.29) is 0 Å². The molecule has 2 aromatic carbocycles. The Morgan fingerprint density at radius 2 is 1.90 bits per heavy atom. The number of amides is 2. The number of benzene rings is 2. The summed E-state index contributed by atoms with van der Waals surface area (Å²) >= 11 is 12.7. The molecule has 9 heteroatoms. The number of thiocarbonyl (C=S) groups is 1. The lowest BCUT2D eigenvalue weighted by Crippen LogP contribution is -2.54. The average Bonchev–Trinajstić information content (AvgIpc) is 2.90. The van der Waals surface area contributed by atoms with Crippen molar-refractivity contribution >= 4 is 57.8 Å². The van der Waals surface area contributed by atoms with Crippen LogP contribution in [0, 0.1) is 6.92 Å². The topological polar surface area (TPSA) is 68.2 Å². The van der Waals surface area contributed by atoms with Crippen molar-refractivity contribution in [2.75, 3.05) is 5.32 Å². The van der Waals surface area contributed by atoms with Crippen LogP contribution in [0.5, 0.6) is 0 Å². The Morgan fingerprint density at radius 1 is 1.28 bits per heavy atom. The summed E-state index contributed by atoms with van der Waals surface area (Å²) in [6.45, 7) is 5.80. The Hall–Kier alpha value is -2.13. The number of hydrogen-bond acceptors (Lipinski definition) is 5. The second-order valence-electron chi connectivity index (χ2n) is 7.13. The van der Waals surface area contributed by atoms with Crippen LogP contribution in [0.3, 0.4) is 0 Å². The normalized spacial score (nSPS) is 18.3. The van der Waals surface area contributed by atoms with E-state index in [0.717, 1.165) is 11.1 Å². The summed E-state index contributed by atoms with van der Waals surface area (Å²) in [6.07, 6.45) is 0.875. The third kappa shape index (κ3) is 5.08. The molecular formula is C20H21ClN4O2S2. The first-order valence-electron chi connectivity index (χ1n) is 8.85. The lowest BCUT2D eigenvalue weighted by molar-refractivity contribution is -0.114. The first-order chi connectivity index (χ1) is 13.7. The van der Waals surface area contributed by atoms with E-state index in [1.165, 1.54) is 16.8 Å². The molecule has 0 aliphatic carbocycles. The van der Waals surface area contributed by atoms with Gasteiger partial charge in [-0.15, -0.1) is 0 Å². The quantitative estimate of drug-likeness (QED) is 0.286. The summed E-state index contributed by atoms with van der Waals surface area (Å²) in [5.41, 5.74) is 2.55. The fourth-order valence-corrected chi connectivity index (χ4v) is 4.75. The molecule has 3 rings (SSSR count). The molecule has 6 nitrogen and oxygen atoms in total. The van der Waals surface area contributed by atoms with Crippen molar-refractivity contribution in [3.05, 3.63) is 64.7 Å². The highest BCUT2D eigenvalue weighted by atomic mass is 35.5. The number of hydrogen-bond donors (Lipinski definition) is 2. The molecule has 2 aromatic rings. The lowest BCUT2D eigenvalue weighted by Gasteiger charge is -2.34. The minimum atomic E-state index is -0.783. The molecule has 1 aliphatic heterocycles. The maximum absolute atomic E-state index is 12.6. The van der Waals surface area contributed by atoms with Crippen molar-refractivity contribution in [2.24, 2.45) is 5.10 Å². The van der Waals surface area contributed by atoms with E-state index in [0.29, 0.717) is 20.1 Å². The smallest absolute Gasteiger partial charge is 0.306 e. The highest BCUT2D eigenvalue weighted by Gasteiger charge is 2.50. The molecule has 0 saturated carbocycles. The van der Waals surface area contributed by atoms with E-state index >= 15 is 0 Å². The van der Waals surface area contributed by atoms with Gasteiger partial charge in [0.05, 0.1) is 11.0 Å². The van der Waals surface area contributed by atoms with Crippen LogP contribution in [-0.4, -0.2) is 42.8 Å². The molecule has 1 atom stereocenters. The van der Waals surface area contributed by atoms with Crippen LogP contribution in [0.2, 0.25) is 5.02 Å². The molecular weight excluding hydrogens is 428 g/mol. The highest BCUT2D eigenvalue weighted by molar-refractivity contribution is 8.24. The summed E-state index contributed by atoms with van der Waals surface area (Å²) in [7, 11) is 0. The fraction of sp³-hybridized carbons (Fsp3) is 0.250. The number of thioether (sulfide) groups is 1. The van der Waals surface area contributed by atoms with E-state index in [4.69, 9.17) is 23.8 Å². The Labute approximate surface area is 184 Å². The van der Waals surface area contributed by atoms with Gasteiger partial charge in [0.25, 0.3) is 0 Å². The van der Waals surface area contributed by atoms with Gasteiger partial charge in [0.15, 0.2) is 10.5 Å². The van der Waals surface area contributed by atoms with Crippen molar-refractivity contribution in [3.63, 3.8) is 0 Å². The molecule has 1 saturated heterocycles.